The molecule has 0 fully saturated rings. The van der Waals surface area contributed by atoms with Gasteiger partial charge in [0.05, 0.1) is 49.7 Å². The van der Waals surface area contributed by atoms with Gasteiger partial charge in [0.2, 0.25) is 0 Å². The van der Waals surface area contributed by atoms with E-state index in [1.807, 2.05) is 80.7 Å². The molecule has 75 heavy (non-hydrogen) atoms. The second kappa shape index (κ2) is 62.2. The topological polar surface area (TPSA) is 318 Å². The van der Waals surface area contributed by atoms with Crippen molar-refractivity contribution in [3.8, 4) is 0 Å². The molecule has 8 atom stereocenters. The van der Waals surface area contributed by atoms with Gasteiger partial charge in [-0.05, 0) is 89.9 Å². The molecule has 0 rings (SSSR count). The summed E-state index contributed by atoms with van der Waals surface area (Å²) >= 11 is 0. The van der Waals surface area contributed by atoms with Crippen molar-refractivity contribution < 1.29 is 71.8 Å². The monoisotopic (exact) mass is 1060 g/mol. The summed E-state index contributed by atoms with van der Waals surface area (Å²) in [6.07, 6.45) is 52.1. The molecule has 0 radical (unpaired) electrons. The van der Waals surface area contributed by atoms with Crippen LogP contribution in [0.4, 0.5) is 0 Å². The second-order valence-corrected chi connectivity index (χ2v) is 17.0. The van der Waals surface area contributed by atoms with Gasteiger partial charge >= 0.3 is 23.1 Å². The third-order valence-electron chi connectivity index (χ3n) is 9.99. The molecule has 15 nitrogen and oxygen atoms in total. The Morgan fingerprint density at radius 2 is 0.893 bits per heavy atom. The quantitative estimate of drug-likeness (QED) is 0.0122. The van der Waals surface area contributed by atoms with Crippen molar-refractivity contribution in [2.45, 2.75) is 179 Å². The standard InChI is InChI=1S/C23H34O5.C23H36O3.C7H14NO2.C6H13N2O2.Mg/c1-2-3-10-17-21(25)22(26)18-13-7-5-4-6-11-15-20(24)16-12-8-9-14-19-23(27)28;1-3-5-7-10-14-17-21(24)18-15-11-8-9-12-16-20-23(26)22(25)19-13-6-4-2;1-6(7(9)10)4-2-3-5-8;7-4-2-1-3-5(8)6(9)10;/h3-8,10-13,15,18,20-22,24-26H,2,9,14,16-17,19H2,1H3,(H,27,28);6,8-16,18,20-26H,3-5,7,17,19H2,1-2H3;6H,1-5,8H2,(H,9,10);5,8H,1-4,7H2,(H,9,10);/q;;2*-1;+2/b6-4-,7-5+,10-3-,12-8-,15-11+,18-13+;11-8-,12-9+,13-6-,14-10-,18-15+,20-16+;;;/t20-,21+,22-;21-,22-,23+;6-;5-;/m1000./s1. The maximum atomic E-state index is 10.2. The number of hydrogen-bond acceptors (Lipinski definition) is 11. The Kier molecular flexibility index (Phi) is 66.0. The molecule has 0 amide bonds. The largest absolute Gasteiger partial charge is 2.00 e. The van der Waals surface area contributed by atoms with Gasteiger partial charge in [0.1, 0.15) is 0 Å². The molecular formula is C59H97MgN3O12. The molecule has 0 aromatic heterocycles. The predicted octanol–water partition coefficient (Wildman–Crippen LogP) is 5.43. The Balaban J connectivity index is -0.000000318. The maximum Gasteiger partial charge on any atom is 2.00 e. The molecule has 0 aromatic carbocycles. The van der Waals surface area contributed by atoms with Crippen LogP contribution in [0.3, 0.4) is 0 Å². The first kappa shape index (κ1) is 79.6. The van der Waals surface area contributed by atoms with E-state index in [0.29, 0.717) is 51.4 Å². The van der Waals surface area contributed by atoms with Crippen molar-refractivity contribution >= 4 is 41.0 Å². The molecular weight excluding hydrogens is 967 g/mol. The number of carboxylic acids is 3. The average molecular weight is 1060 g/mol. The summed E-state index contributed by atoms with van der Waals surface area (Å²) < 4.78 is 0. The van der Waals surface area contributed by atoms with E-state index in [1.54, 1.807) is 66.8 Å². The molecule has 0 aliphatic carbocycles. The fraction of sp³-hybridized carbons (Fsp3) is 0.525. The molecule has 422 valence electrons. The Morgan fingerprint density at radius 1 is 0.520 bits per heavy atom. The second-order valence-electron chi connectivity index (χ2n) is 17.0. The van der Waals surface area contributed by atoms with Gasteiger partial charge in [-0.15, -0.1) is 0 Å². The van der Waals surface area contributed by atoms with Crippen molar-refractivity contribution in [1.82, 2.24) is 0 Å². The van der Waals surface area contributed by atoms with Crippen molar-refractivity contribution in [2.24, 2.45) is 5.92 Å². The Hall–Kier alpha value is -4.30. The summed E-state index contributed by atoms with van der Waals surface area (Å²) in [6.45, 7) is 11.4. The van der Waals surface area contributed by atoms with Crippen molar-refractivity contribution in [2.75, 3.05) is 13.1 Å². The summed E-state index contributed by atoms with van der Waals surface area (Å²) in [6, 6.07) is -1.05. The molecule has 0 heterocycles. The molecule has 0 spiro atoms. The van der Waals surface area contributed by atoms with Crippen molar-refractivity contribution in [3.63, 3.8) is 0 Å². The van der Waals surface area contributed by atoms with Crippen LogP contribution < -0.4 is 21.7 Å². The summed E-state index contributed by atoms with van der Waals surface area (Å²) in [5, 5.41) is 87.2. The molecule has 14 N–H and O–H groups in total. The number of nitrogens with one attached hydrogen (secondary N) is 1. The van der Waals surface area contributed by atoms with Crippen LogP contribution in [0.1, 0.15) is 136 Å². The van der Waals surface area contributed by atoms with Crippen LogP contribution in [0.15, 0.2) is 146 Å². The zero-order valence-corrected chi connectivity index (χ0v) is 47.0. The van der Waals surface area contributed by atoms with Gasteiger partial charge in [0, 0.05) is 11.9 Å². The van der Waals surface area contributed by atoms with Crippen LogP contribution >= 0.6 is 0 Å². The van der Waals surface area contributed by atoms with Gasteiger partial charge in [0.25, 0.3) is 5.97 Å². The molecule has 0 saturated heterocycles. The average Bonchev–Trinajstić information content (AvgIpc) is 3.36. The fourth-order valence-electron chi connectivity index (χ4n) is 5.48. The van der Waals surface area contributed by atoms with Gasteiger partial charge in [-0.2, -0.15) is 0 Å². The van der Waals surface area contributed by atoms with E-state index in [2.05, 4.69) is 31.4 Å². The van der Waals surface area contributed by atoms with Crippen LogP contribution in [-0.4, -0.2) is 132 Å². The van der Waals surface area contributed by atoms with E-state index < -0.39 is 66.5 Å². The van der Waals surface area contributed by atoms with Gasteiger partial charge in [-0.3, -0.25) is 4.79 Å². The number of unbranched alkanes of at least 4 members (excludes halogenated alkanes) is 5. The first-order valence-corrected chi connectivity index (χ1v) is 26.3. The van der Waals surface area contributed by atoms with Crippen LogP contribution in [0, 0.1) is 12.8 Å². The Morgan fingerprint density at radius 3 is 1.25 bits per heavy atom. The molecule has 16 heteroatoms. The van der Waals surface area contributed by atoms with Crippen LogP contribution in [0.25, 0.3) is 5.73 Å². The first-order valence-electron chi connectivity index (χ1n) is 26.3. The minimum Gasteiger partial charge on any atom is -0.670 e. The smallest absolute Gasteiger partial charge is 0.670 e. The number of aliphatic hydroxyl groups excluding tert-OH is 6. The third-order valence-corrected chi connectivity index (χ3v) is 9.99. The number of hydrogen-bond donors (Lipinski definition) is 9. The van der Waals surface area contributed by atoms with Gasteiger partial charge < -0.3 is 79.7 Å². The zero-order chi connectivity index (χ0) is 56.5. The van der Waals surface area contributed by atoms with Crippen LogP contribution in [-0.2, 0) is 14.4 Å². The molecule has 0 unspecified atom stereocenters. The molecule has 0 bridgehead atoms. The summed E-state index contributed by atoms with van der Waals surface area (Å²) in [5.41, 5.74) is 14.2. The maximum absolute atomic E-state index is 10.2. The number of rotatable bonds is 39. The number of carbonyl (C=O) groups is 3. The van der Waals surface area contributed by atoms with E-state index in [1.165, 1.54) is 18.9 Å². The minimum atomic E-state index is -1.27. The van der Waals surface area contributed by atoms with E-state index in [0.717, 1.165) is 58.0 Å². The summed E-state index contributed by atoms with van der Waals surface area (Å²) in [5.74, 6) is -3.55. The first-order chi connectivity index (χ1) is 35.4. The fourth-order valence-corrected chi connectivity index (χ4v) is 5.48. The molecule has 0 aromatic rings. The number of carbonyl (C=O) groups excluding carboxylic acids is 2. The number of quaternary nitrogens is 2. The summed E-state index contributed by atoms with van der Waals surface area (Å²) in [4.78, 5) is 30.4. The molecule has 0 saturated carbocycles. The number of aliphatic carboxylic acids is 3. The molecule has 0 aliphatic rings. The number of allylic oxidation sites excluding steroid dienone is 16. The zero-order valence-electron chi connectivity index (χ0n) is 45.6. The summed E-state index contributed by atoms with van der Waals surface area (Å²) in [7, 11) is 0. The Bertz CT molecular complexity index is 1680. The number of carboxylic acid groups (broad SMARTS) is 3. The van der Waals surface area contributed by atoms with E-state index in [9.17, 15) is 55.2 Å². The SMILES string of the molecule is CC/C=C\C[C@H](O)[C@H](O)/C=C/C=C/C=C\C=C\[C@@H](O)C/C=C\CCCC.CC/C=C\C[C@H](O)[C@H](O)/C=C/C=C/C=C\C=C\[C@@H](O)C/C=C\CCCC(=O)[O-].[CH2-][C@@H](CCCC[NH3+])C(=O)O.[Mg+2].[NH-][C@@H](CCCC[NH3+])C(=O)[O-]. The third kappa shape index (κ3) is 65.8. The normalized spacial score (nSPS) is 15.5. The van der Waals surface area contributed by atoms with Crippen molar-refractivity contribution in [3.05, 3.63) is 158 Å². The van der Waals surface area contributed by atoms with Crippen molar-refractivity contribution in [1.29, 1.82) is 0 Å². The van der Waals surface area contributed by atoms with Crippen LogP contribution in [0.5, 0.6) is 0 Å². The van der Waals surface area contributed by atoms with E-state index >= 15 is 0 Å². The van der Waals surface area contributed by atoms with E-state index in [-0.39, 0.29) is 29.5 Å². The Labute approximate surface area is 467 Å². The van der Waals surface area contributed by atoms with E-state index in [4.69, 9.17) is 10.8 Å². The number of aliphatic hydroxyl groups is 6. The van der Waals surface area contributed by atoms with Gasteiger partial charge in [0.15, 0.2) is 0 Å². The molecule has 0 aliphatic heterocycles. The van der Waals surface area contributed by atoms with Gasteiger partial charge in [-0.25, -0.2) is 0 Å². The van der Waals surface area contributed by atoms with Gasteiger partial charge in [-0.1, -0.05) is 204 Å². The van der Waals surface area contributed by atoms with Crippen LogP contribution in [0.2, 0.25) is 0 Å². The predicted molar refractivity (Wildman–Crippen MR) is 302 cm³/mol. The minimum absolute atomic E-state index is 0.